The van der Waals surface area contributed by atoms with Gasteiger partial charge in [-0.25, -0.2) is 9.97 Å². The molecule has 166 valence electrons. The molecule has 0 spiro atoms. The van der Waals surface area contributed by atoms with E-state index in [1.807, 2.05) is 54.6 Å². The molecule has 1 atom stereocenters. The van der Waals surface area contributed by atoms with Gasteiger partial charge < -0.3 is 20.7 Å². The predicted octanol–water partition coefficient (Wildman–Crippen LogP) is 3.54. The molecule has 1 aliphatic rings. The first-order chi connectivity index (χ1) is 16.0. The van der Waals surface area contributed by atoms with Crippen molar-refractivity contribution in [3.05, 3.63) is 73.1 Å². The molecule has 33 heavy (non-hydrogen) atoms. The molecule has 8 nitrogen and oxygen atoms in total. The van der Waals surface area contributed by atoms with Crippen LogP contribution in [-0.4, -0.2) is 35.5 Å². The van der Waals surface area contributed by atoms with Crippen LogP contribution in [-0.2, 0) is 4.79 Å². The second-order valence-electron chi connectivity index (χ2n) is 7.80. The van der Waals surface area contributed by atoms with Gasteiger partial charge in [-0.15, -0.1) is 0 Å². The highest BCUT2D eigenvalue weighted by Crippen LogP contribution is 2.36. The Morgan fingerprint density at radius 2 is 1.91 bits per heavy atom. The van der Waals surface area contributed by atoms with Gasteiger partial charge in [-0.3, -0.25) is 4.79 Å². The number of para-hydroxylation sites is 1. The number of anilines is 2. The molecule has 1 aromatic heterocycles. The van der Waals surface area contributed by atoms with Crippen molar-refractivity contribution in [1.82, 2.24) is 15.3 Å². The molecule has 0 radical (unpaired) electrons. The van der Waals surface area contributed by atoms with Gasteiger partial charge in [-0.1, -0.05) is 36.9 Å². The second-order valence-corrected chi connectivity index (χ2v) is 7.80. The molecule has 4 rings (SSSR count). The van der Waals surface area contributed by atoms with Crippen molar-refractivity contribution in [1.29, 1.82) is 5.26 Å². The Morgan fingerprint density at radius 3 is 2.64 bits per heavy atom. The number of nitriles is 1. The molecular formula is C25H24N6O2. The van der Waals surface area contributed by atoms with Crippen molar-refractivity contribution in [2.45, 2.75) is 6.42 Å². The minimum Gasteiger partial charge on any atom is -0.457 e. The number of amides is 1. The first-order valence-electron chi connectivity index (χ1n) is 10.6. The average Bonchev–Trinajstić information content (AvgIpc) is 3.32. The van der Waals surface area contributed by atoms with Gasteiger partial charge in [0.15, 0.2) is 0 Å². The van der Waals surface area contributed by atoms with Gasteiger partial charge in [0, 0.05) is 19.6 Å². The summed E-state index contributed by atoms with van der Waals surface area (Å²) < 4.78 is 5.88. The number of rotatable bonds is 7. The normalized spacial score (nSPS) is 15.0. The van der Waals surface area contributed by atoms with Gasteiger partial charge in [0.05, 0.1) is 5.56 Å². The number of nitrogens with zero attached hydrogens (tertiary/aromatic N) is 4. The van der Waals surface area contributed by atoms with Crippen LogP contribution in [0.25, 0.3) is 11.1 Å². The van der Waals surface area contributed by atoms with Crippen molar-refractivity contribution in [3.63, 3.8) is 0 Å². The topological polar surface area (TPSA) is 117 Å². The van der Waals surface area contributed by atoms with Crippen LogP contribution in [0.4, 0.5) is 11.6 Å². The molecule has 1 saturated heterocycles. The highest BCUT2D eigenvalue weighted by atomic mass is 16.5. The molecule has 2 aromatic carbocycles. The Kier molecular flexibility index (Phi) is 6.51. The maximum Gasteiger partial charge on any atom is 0.261 e. The third-order valence-electron chi connectivity index (χ3n) is 5.52. The summed E-state index contributed by atoms with van der Waals surface area (Å²) in [5, 5.41) is 11.6. The average molecular weight is 441 g/mol. The maximum absolute atomic E-state index is 11.8. The largest absolute Gasteiger partial charge is 0.457 e. The van der Waals surface area contributed by atoms with Crippen LogP contribution < -0.4 is 20.7 Å². The lowest BCUT2D eigenvalue weighted by Gasteiger charge is -2.21. The van der Waals surface area contributed by atoms with E-state index in [4.69, 9.17) is 15.7 Å². The first-order valence-corrected chi connectivity index (χ1v) is 10.6. The minimum atomic E-state index is -0.430. The van der Waals surface area contributed by atoms with E-state index in [9.17, 15) is 4.79 Å². The molecule has 1 fully saturated rings. The number of carbonyl (C=O) groups excluding carboxylic acids is 1. The zero-order valence-corrected chi connectivity index (χ0v) is 18.1. The first kappa shape index (κ1) is 21.8. The number of hydrogen-bond acceptors (Lipinski definition) is 7. The monoisotopic (exact) mass is 440 g/mol. The summed E-state index contributed by atoms with van der Waals surface area (Å²) in [4.78, 5) is 22.7. The third-order valence-corrected chi connectivity index (χ3v) is 5.52. The molecule has 2 heterocycles. The van der Waals surface area contributed by atoms with Crippen LogP contribution in [0.15, 0.2) is 73.1 Å². The van der Waals surface area contributed by atoms with E-state index in [-0.39, 0.29) is 11.5 Å². The zero-order chi connectivity index (χ0) is 23.2. The SMILES string of the molecule is C=C(C#N)C(=O)NCC1CCN(c2ncnc(N)c2-c2ccc(Oc3ccccc3)cc2)C1. The van der Waals surface area contributed by atoms with Crippen molar-refractivity contribution in [3.8, 4) is 28.7 Å². The zero-order valence-electron chi connectivity index (χ0n) is 18.1. The highest BCUT2D eigenvalue weighted by molar-refractivity contribution is 5.96. The smallest absolute Gasteiger partial charge is 0.261 e. The fourth-order valence-electron chi connectivity index (χ4n) is 3.81. The summed E-state index contributed by atoms with van der Waals surface area (Å²) in [5.74, 6) is 2.44. The maximum atomic E-state index is 11.8. The second kappa shape index (κ2) is 9.83. The highest BCUT2D eigenvalue weighted by Gasteiger charge is 2.27. The standard InChI is InChI=1S/C25H24N6O2/c1-17(13-26)25(32)28-14-18-11-12-31(15-18)24-22(23(27)29-16-30-24)19-7-9-21(10-8-19)33-20-5-3-2-4-6-20/h2-10,16,18H,1,11-12,14-15H2,(H,28,32)(H2,27,29,30). The lowest BCUT2D eigenvalue weighted by molar-refractivity contribution is -0.117. The van der Waals surface area contributed by atoms with Gasteiger partial charge in [-0.05, 0) is 42.2 Å². The quantitative estimate of drug-likeness (QED) is 0.426. The number of nitrogen functional groups attached to an aromatic ring is 1. The fraction of sp³-hybridized carbons (Fsp3) is 0.200. The summed E-state index contributed by atoms with van der Waals surface area (Å²) in [7, 11) is 0. The molecule has 1 aliphatic heterocycles. The van der Waals surface area contributed by atoms with E-state index in [1.54, 1.807) is 6.07 Å². The van der Waals surface area contributed by atoms with E-state index in [2.05, 4.69) is 26.8 Å². The van der Waals surface area contributed by atoms with Gasteiger partial charge in [0.2, 0.25) is 0 Å². The van der Waals surface area contributed by atoms with E-state index in [0.717, 1.165) is 41.4 Å². The van der Waals surface area contributed by atoms with Crippen LogP contribution in [0.2, 0.25) is 0 Å². The van der Waals surface area contributed by atoms with Gasteiger partial charge in [-0.2, -0.15) is 5.26 Å². The molecule has 0 bridgehead atoms. The third kappa shape index (κ3) is 5.10. The Bertz CT molecular complexity index is 1190. The Balaban J connectivity index is 1.48. The summed E-state index contributed by atoms with van der Waals surface area (Å²) in [6.45, 7) is 5.39. The van der Waals surface area contributed by atoms with Gasteiger partial charge >= 0.3 is 0 Å². The Hall–Kier alpha value is -4.38. The summed E-state index contributed by atoms with van der Waals surface area (Å²) in [6, 6.07) is 19.0. The molecule has 3 aromatic rings. The van der Waals surface area contributed by atoms with E-state index in [0.29, 0.717) is 18.9 Å². The lowest BCUT2D eigenvalue weighted by Crippen LogP contribution is -2.31. The van der Waals surface area contributed by atoms with Crippen molar-refractivity contribution < 1.29 is 9.53 Å². The molecule has 1 unspecified atom stereocenters. The van der Waals surface area contributed by atoms with Crippen LogP contribution >= 0.6 is 0 Å². The summed E-state index contributed by atoms with van der Waals surface area (Å²) in [6.07, 6.45) is 2.35. The number of carbonyl (C=O) groups is 1. The molecular weight excluding hydrogens is 416 g/mol. The molecule has 8 heteroatoms. The number of nitrogens with two attached hydrogens (primary N) is 1. The lowest BCUT2D eigenvalue weighted by atomic mass is 10.1. The van der Waals surface area contributed by atoms with Crippen LogP contribution in [0.3, 0.4) is 0 Å². The molecule has 3 N–H and O–H groups in total. The predicted molar refractivity (Wildman–Crippen MR) is 126 cm³/mol. The number of hydrogen-bond donors (Lipinski definition) is 2. The minimum absolute atomic E-state index is 0.0876. The Morgan fingerprint density at radius 1 is 1.18 bits per heavy atom. The van der Waals surface area contributed by atoms with Crippen LogP contribution in [0, 0.1) is 17.2 Å². The molecule has 1 amide bonds. The molecule has 0 aliphatic carbocycles. The van der Waals surface area contributed by atoms with E-state index in [1.165, 1.54) is 6.33 Å². The summed E-state index contributed by atoms with van der Waals surface area (Å²) >= 11 is 0. The number of aromatic nitrogens is 2. The number of benzene rings is 2. The van der Waals surface area contributed by atoms with Crippen LogP contribution in [0.5, 0.6) is 11.5 Å². The van der Waals surface area contributed by atoms with E-state index >= 15 is 0 Å². The van der Waals surface area contributed by atoms with Crippen molar-refractivity contribution in [2.24, 2.45) is 5.92 Å². The fourth-order valence-corrected chi connectivity index (χ4v) is 3.81. The van der Waals surface area contributed by atoms with Crippen molar-refractivity contribution >= 4 is 17.5 Å². The van der Waals surface area contributed by atoms with Crippen molar-refractivity contribution in [2.75, 3.05) is 30.3 Å². The van der Waals surface area contributed by atoms with Gasteiger partial charge in [0.1, 0.15) is 41.1 Å². The van der Waals surface area contributed by atoms with Crippen LogP contribution in [0.1, 0.15) is 6.42 Å². The summed E-state index contributed by atoms with van der Waals surface area (Å²) in [5.41, 5.74) is 7.83. The molecule has 0 saturated carbocycles. The van der Waals surface area contributed by atoms with Gasteiger partial charge in [0.25, 0.3) is 5.91 Å². The number of ether oxygens (including phenoxy) is 1. The van der Waals surface area contributed by atoms with E-state index < -0.39 is 5.91 Å². The Labute approximate surface area is 192 Å². The number of nitrogens with one attached hydrogen (secondary N) is 1.